The van der Waals surface area contributed by atoms with Crippen molar-refractivity contribution in [2.75, 3.05) is 6.54 Å². The average Bonchev–Trinajstić information content (AvgIpc) is 2.38. The third kappa shape index (κ3) is 3.98. The maximum Gasteiger partial charge on any atom is 0.306 e. The number of aliphatic carboxylic acids is 1. The topological polar surface area (TPSA) is 49.3 Å². The number of carboxylic acids is 1. The smallest absolute Gasteiger partial charge is 0.306 e. The van der Waals surface area contributed by atoms with Gasteiger partial charge in [0.15, 0.2) is 0 Å². The molecular weight excluding hydrogens is 214 g/mol. The molecule has 2 atom stereocenters. The van der Waals surface area contributed by atoms with E-state index in [9.17, 15) is 4.79 Å². The molecule has 0 bridgehead atoms. The van der Waals surface area contributed by atoms with Gasteiger partial charge in [0.1, 0.15) is 0 Å². The highest BCUT2D eigenvalue weighted by molar-refractivity contribution is 5.70. The van der Waals surface area contributed by atoms with Crippen LogP contribution in [0.3, 0.4) is 0 Å². The predicted molar refractivity (Wildman–Crippen MR) is 68.0 cm³/mol. The maximum atomic E-state index is 11.0. The zero-order chi connectivity index (χ0) is 12.1. The molecule has 1 aliphatic carbocycles. The molecule has 0 spiro atoms. The number of piperidine rings is 1. The fourth-order valence-corrected chi connectivity index (χ4v) is 3.36. The van der Waals surface area contributed by atoms with E-state index in [1.807, 2.05) is 0 Å². The maximum absolute atomic E-state index is 11.0. The first-order valence-corrected chi connectivity index (χ1v) is 7.22. The number of carbonyl (C=O) groups is 1. The highest BCUT2D eigenvalue weighted by Gasteiger charge is 2.27. The van der Waals surface area contributed by atoms with Crippen molar-refractivity contribution in [3.8, 4) is 0 Å². The predicted octanol–water partition coefficient (Wildman–Crippen LogP) is 2.80. The van der Waals surface area contributed by atoms with Gasteiger partial charge < -0.3 is 10.4 Å². The second-order valence-corrected chi connectivity index (χ2v) is 5.79. The first-order chi connectivity index (χ1) is 8.25. The van der Waals surface area contributed by atoms with E-state index in [0.717, 1.165) is 25.3 Å². The van der Waals surface area contributed by atoms with Gasteiger partial charge in [0.2, 0.25) is 0 Å². The number of hydrogen-bond acceptors (Lipinski definition) is 2. The van der Waals surface area contributed by atoms with Crippen LogP contribution in [0.4, 0.5) is 0 Å². The Labute approximate surface area is 104 Å². The Kier molecular flexibility index (Phi) is 4.84. The van der Waals surface area contributed by atoms with Gasteiger partial charge in [-0.3, -0.25) is 4.79 Å². The Morgan fingerprint density at radius 2 is 1.88 bits per heavy atom. The van der Waals surface area contributed by atoms with Gasteiger partial charge in [-0.05, 0) is 38.1 Å². The van der Waals surface area contributed by atoms with Crippen LogP contribution in [0.2, 0.25) is 0 Å². The van der Waals surface area contributed by atoms with E-state index in [2.05, 4.69) is 5.32 Å². The molecule has 0 aromatic carbocycles. The van der Waals surface area contributed by atoms with E-state index >= 15 is 0 Å². The van der Waals surface area contributed by atoms with E-state index in [0.29, 0.717) is 6.04 Å². The van der Waals surface area contributed by atoms with Gasteiger partial charge in [0.25, 0.3) is 0 Å². The van der Waals surface area contributed by atoms with Crippen LogP contribution in [-0.2, 0) is 4.79 Å². The van der Waals surface area contributed by atoms with Crippen LogP contribution in [0.1, 0.15) is 57.8 Å². The molecule has 0 radical (unpaired) electrons. The normalized spacial score (nSPS) is 31.3. The van der Waals surface area contributed by atoms with Crippen LogP contribution in [0.25, 0.3) is 0 Å². The SMILES string of the molecule is O=C(O)C1CCNC(CCC2CCCCC2)C1. The van der Waals surface area contributed by atoms with Crippen LogP contribution >= 0.6 is 0 Å². The van der Waals surface area contributed by atoms with Gasteiger partial charge in [-0.15, -0.1) is 0 Å². The molecule has 98 valence electrons. The van der Waals surface area contributed by atoms with Crippen molar-refractivity contribution < 1.29 is 9.90 Å². The van der Waals surface area contributed by atoms with Gasteiger partial charge in [0, 0.05) is 6.04 Å². The summed E-state index contributed by atoms with van der Waals surface area (Å²) in [5, 5.41) is 12.5. The minimum Gasteiger partial charge on any atom is -0.481 e. The number of hydrogen-bond donors (Lipinski definition) is 2. The van der Waals surface area contributed by atoms with Crippen molar-refractivity contribution in [3.05, 3.63) is 0 Å². The molecule has 1 heterocycles. The number of carboxylic acid groups (broad SMARTS) is 1. The van der Waals surface area contributed by atoms with Crippen LogP contribution in [0.5, 0.6) is 0 Å². The van der Waals surface area contributed by atoms with Crippen LogP contribution in [-0.4, -0.2) is 23.7 Å². The largest absolute Gasteiger partial charge is 0.481 e. The fraction of sp³-hybridized carbons (Fsp3) is 0.929. The lowest BCUT2D eigenvalue weighted by Gasteiger charge is -2.30. The molecule has 3 nitrogen and oxygen atoms in total. The van der Waals surface area contributed by atoms with E-state index in [4.69, 9.17) is 5.11 Å². The van der Waals surface area contributed by atoms with Crippen LogP contribution in [0, 0.1) is 11.8 Å². The molecule has 2 N–H and O–H groups in total. The van der Waals surface area contributed by atoms with Gasteiger partial charge in [0.05, 0.1) is 5.92 Å². The lowest BCUT2D eigenvalue weighted by molar-refractivity contribution is -0.143. The molecule has 1 saturated heterocycles. The highest BCUT2D eigenvalue weighted by atomic mass is 16.4. The summed E-state index contributed by atoms with van der Waals surface area (Å²) in [6, 6.07) is 0.451. The summed E-state index contributed by atoms with van der Waals surface area (Å²) in [6.45, 7) is 0.881. The second kappa shape index (κ2) is 6.39. The molecule has 17 heavy (non-hydrogen) atoms. The Hall–Kier alpha value is -0.570. The monoisotopic (exact) mass is 239 g/mol. The zero-order valence-corrected chi connectivity index (χ0v) is 10.7. The molecule has 1 saturated carbocycles. The quantitative estimate of drug-likeness (QED) is 0.793. The zero-order valence-electron chi connectivity index (χ0n) is 10.7. The number of nitrogens with one attached hydrogen (secondary N) is 1. The minimum absolute atomic E-state index is 0.104. The summed E-state index contributed by atoms with van der Waals surface area (Å²) >= 11 is 0. The van der Waals surface area contributed by atoms with E-state index < -0.39 is 5.97 Å². The Balaban J connectivity index is 1.69. The fourth-order valence-electron chi connectivity index (χ4n) is 3.36. The van der Waals surface area contributed by atoms with Gasteiger partial charge in [-0.2, -0.15) is 0 Å². The van der Waals surface area contributed by atoms with E-state index in [1.165, 1.54) is 44.9 Å². The summed E-state index contributed by atoms with van der Waals surface area (Å²) in [7, 11) is 0. The molecule has 2 fully saturated rings. The summed E-state index contributed by atoms with van der Waals surface area (Å²) in [6.07, 6.45) is 11.1. The summed E-state index contributed by atoms with van der Waals surface area (Å²) in [4.78, 5) is 11.0. The van der Waals surface area contributed by atoms with Crippen molar-refractivity contribution in [2.24, 2.45) is 11.8 Å². The first-order valence-electron chi connectivity index (χ1n) is 7.22. The molecule has 3 heteroatoms. The standard InChI is InChI=1S/C14H25NO2/c16-14(17)12-8-9-15-13(10-12)7-6-11-4-2-1-3-5-11/h11-13,15H,1-10H2,(H,16,17). The Bertz CT molecular complexity index is 249. The molecule has 2 rings (SSSR count). The first kappa shape index (κ1) is 12.9. The molecular formula is C14H25NO2. The van der Waals surface area contributed by atoms with E-state index in [1.54, 1.807) is 0 Å². The van der Waals surface area contributed by atoms with Crippen LogP contribution < -0.4 is 5.32 Å². The average molecular weight is 239 g/mol. The van der Waals surface area contributed by atoms with Crippen molar-refractivity contribution in [1.29, 1.82) is 0 Å². The van der Waals surface area contributed by atoms with Crippen molar-refractivity contribution in [2.45, 2.75) is 63.8 Å². The van der Waals surface area contributed by atoms with Crippen molar-refractivity contribution in [3.63, 3.8) is 0 Å². The minimum atomic E-state index is -0.603. The van der Waals surface area contributed by atoms with Crippen molar-refractivity contribution in [1.82, 2.24) is 5.32 Å². The summed E-state index contributed by atoms with van der Waals surface area (Å²) in [5.41, 5.74) is 0. The molecule has 0 aromatic heterocycles. The highest BCUT2D eigenvalue weighted by Crippen LogP contribution is 2.29. The van der Waals surface area contributed by atoms with Gasteiger partial charge >= 0.3 is 5.97 Å². The second-order valence-electron chi connectivity index (χ2n) is 5.79. The molecule has 0 amide bonds. The van der Waals surface area contributed by atoms with Gasteiger partial charge in [-0.25, -0.2) is 0 Å². The summed E-state index contributed by atoms with van der Waals surface area (Å²) in [5.74, 6) is 0.206. The lowest BCUT2D eigenvalue weighted by atomic mass is 9.83. The molecule has 1 aliphatic heterocycles. The Morgan fingerprint density at radius 1 is 1.12 bits per heavy atom. The summed E-state index contributed by atoms with van der Waals surface area (Å²) < 4.78 is 0. The number of rotatable bonds is 4. The molecule has 2 aliphatic rings. The Morgan fingerprint density at radius 3 is 2.59 bits per heavy atom. The molecule has 2 unspecified atom stereocenters. The lowest BCUT2D eigenvalue weighted by Crippen LogP contribution is -2.40. The van der Waals surface area contributed by atoms with Gasteiger partial charge in [-0.1, -0.05) is 32.1 Å². The van der Waals surface area contributed by atoms with Crippen molar-refractivity contribution >= 4 is 5.97 Å². The van der Waals surface area contributed by atoms with Crippen LogP contribution in [0.15, 0.2) is 0 Å². The third-order valence-corrected chi connectivity index (χ3v) is 4.49. The molecule has 0 aromatic rings. The van der Waals surface area contributed by atoms with E-state index in [-0.39, 0.29) is 5.92 Å². The third-order valence-electron chi connectivity index (χ3n) is 4.49.